The lowest BCUT2D eigenvalue weighted by atomic mass is 10.1. The maximum absolute atomic E-state index is 5.95. The molecule has 27 heavy (non-hydrogen) atoms. The van der Waals surface area contributed by atoms with Crippen LogP contribution in [0.5, 0.6) is 0 Å². The molecule has 2 atom stereocenters. The molecule has 1 aromatic heterocycles. The van der Waals surface area contributed by atoms with Crippen molar-refractivity contribution in [1.29, 1.82) is 0 Å². The van der Waals surface area contributed by atoms with E-state index in [4.69, 9.17) is 14.5 Å². The van der Waals surface area contributed by atoms with Crippen molar-refractivity contribution in [2.45, 2.75) is 26.0 Å². The van der Waals surface area contributed by atoms with E-state index in [9.17, 15) is 0 Å². The highest BCUT2D eigenvalue weighted by molar-refractivity contribution is 14.0. The van der Waals surface area contributed by atoms with E-state index in [2.05, 4.69) is 34.1 Å². The Morgan fingerprint density at radius 1 is 1.37 bits per heavy atom. The Hall–Kier alpha value is -0.910. The summed E-state index contributed by atoms with van der Waals surface area (Å²) in [6.07, 6.45) is 3.95. The standard InChI is InChI=1S/C18H32N6O2.HI/c1-4-19-18(20-5-6-23-7-9-25-14-15(23)2)24-8-10-26-17(13-24)16-11-21-22(3)12-16;/h11-12,15,17H,4-10,13-14H2,1-3H3,(H,19,20);1H. The van der Waals surface area contributed by atoms with Crippen LogP contribution in [0.15, 0.2) is 17.4 Å². The first-order valence-electron chi connectivity index (χ1n) is 9.62. The van der Waals surface area contributed by atoms with Gasteiger partial charge in [-0.2, -0.15) is 5.10 Å². The Morgan fingerprint density at radius 3 is 2.93 bits per heavy atom. The Bertz CT molecular complexity index is 596. The van der Waals surface area contributed by atoms with Crippen molar-refractivity contribution in [3.63, 3.8) is 0 Å². The molecule has 154 valence electrons. The van der Waals surface area contributed by atoms with Crippen LogP contribution in [0.3, 0.4) is 0 Å². The number of guanidine groups is 1. The summed E-state index contributed by atoms with van der Waals surface area (Å²) in [5, 5.41) is 7.70. The SMILES string of the molecule is CCNC(=NCCN1CCOCC1C)N1CCOC(c2cnn(C)c2)C1.I. The molecule has 0 bridgehead atoms. The third kappa shape index (κ3) is 6.30. The number of hydrogen-bond acceptors (Lipinski definition) is 5. The number of rotatable bonds is 5. The van der Waals surface area contributed by atoms with E-state index in [1.807, 2.05) is 24.1 Å². The minimum absolute atomic E-state index is 0. The van der Waals surface area contributed by atoms with Crippen LogP contribution in [0, 0.1) is 0 Å². The van der Waals surface area contributed by atoms with Crippen LogP contribution in [0.4, 0.5) is 0 Å². The van der Waals surface area contributed by atoms with Crippen LogP contribution in [-0.2, 0) is 16.5 Å². The number of nitrogens with one attached hydrogen (secondary N) is 1. The molecule has 0 radical (unpaired) electrons. The molecule has 1 N–H and O–H groups in total. The van der Waals surface area contributed by atoms with Crippen LogP contribution < -0.4 is 5.32 Å². The zero-order chi connectivity index (χ0) is 18.4. The molecule has 2 fully saturated rings. The van der Waals surface area contributed by atoms with Gasteiger partial charge in [0.2, 0.25) is 0 Å². The largest absolute Gasteiger partial charge is 0.379 e. The Kier molecular flexibility index (Phi) is 9.27. The molecule has 0 amide bonds. The number of nitrogens with zero attached hydrogens (tertiary/aromatic N) is 5. The highest BCUT2D eigenvalue weighted by atomic mass is 127. The average Bonchev–Trinajstić information content (AvgIpc) is 3.09. The van der Waals surface area contributed by atoms with E-state index in [0.29, 0.717) is 12.6 Å². The molecule has 0 spiro atoms. The first-order valence-corrected chi connectivity index (χ1v) is 9.62. The smallest absolute Gasteiger partial charge is 0.194 e. The van der Waals surface area contributed by atoms with Gasteiger partial charge in [0, 0.05) is 51.0 Å². The van der Waals surface area contributed by atoms with Crippen molar-refractivity contribution in [2.24, 2.45) is 12.0 Å². The number of hydrogen-bond donors (Lipinski definition) is 1. The first-order chi connectivity index (χ1) is 12.7. The summed E-state index contributed by atoms with van der Waals surface area (Å²) in [4.78, 5) is 9.62. The Balaban J connectivity index is 0.00000261. The van der Waals surface area contributed by atoms with Gasteiger partial charge in [0.1, 0.15) is 6.10 Å². The second-order valence-corrected chi connectivity index (χ2v) is 6.95. The molecule has 3 heterocycles. The summed E-state index contributed by atoms with van der Waals surface area (Å²) in [5.74, 6) is 0.977. The first kappa shape index (κ1) is 22.4. The third-order valence-electron chi connectivity index (χ3n) is 4.95. The van der Waals surface area contributed by atoms with Gasteiger partial charge < -0.3 is 19.7 Å². The van der Waals surface area contributed by atoms with Crippen LogP contribution in [-0.4, -0.2) is 90.7 Å². The van der Waals surface area contributed by atoms with Crippen molar-refractivity contribution in [1.82, 2.24) is 24.9 Å². The van der Waals surface area contributed by atoms with Gasteiger partial charge in [-0.3, -0.25) is 14.6 Å². The molecule has 3 rings (SSSR count). The highest BCUT2D eigenvalue weighted by Gasteiger charge is 2.25. The fourth-order valence-electron chi connectivity index (χ4n) is 3.45. The molecule has 8 nitrogen and oxygen atoms in total. The lowest BCUT2D eigenvalue weighted by molar-refractivity contribution is -0.00831. The van der Waals surface area contributed by atoms with Crippen molar-refractivity contribution in [3.8, 4) is 0 Å². The zero-order valence-corrected chi connectivity index (χ0v) is 19.0. The molecule has 1 aromatic rings. The number of ether oxygens (including phenoxy) is 2. The van der Waals surface area contributed by atoms with Gasteiger partial charge in [-0.05, 0) is 13.8 Å². The molecule has 0 saturated carbocycles. The van der Waals surface area contributed by atoms with E-state index < -0.39 is 0 Å². The van der Waals surface area contributed by atoms with Crippen LogP contribution >= 0.6 is 24.0 Å². The van der Waals surface area contributed by atoms with Gasteiger partial charge in [0.25, 0.3) is 0 Å². The van der Waals surface area contributed by atoms with Gasteiger partial charge in [-0.1, -0.05) is 0 Å². The highest BCUT2D eigenvalue weighted by Crippen LogP contribution is 2.21. The van der Waals surface area contributed by atoms with E-state index in [1.54, 1.807) is 0 Å². The average molecular weight is 492 g/mol. The minimum atomic E-state index is 0. The third-order valence-corrected chi connectivity index (χ3v) is 4.95. The maximum atomic E-state index is 5.95. The Morgan fingerprint density at radius 2 is 2.22 bits per heavy atom. The second-order valence-electron chi connectivity index (χ2n) is 6.95. The number of aliphatic imine (C=N–C) groups is 1. The van der Waals surface area contributed by atoms with Gasteiger partial charge >= 0.3 is 0 Å². The normalized spacial score (nSPS) is 24.6. The molecule has 9 heteroatoms. The van der Waals surface area contributed by atoms with Crippen molar-refractivity contribution < 1.29 is 9.47 Å². The number of halogens is 1. The summed E-state index contributed by atoms with van der Waals surface area (Å²) in [5.41, 5.74) is 1.12. The lowest BCUT2D eigenvalue weighted by Gasteiger charge is -2.35. The maximum Gasteiger partial charge on any atom is 0.194 e. The minimum Gasteiger partial charge on any atom is -0.379 e. The summed E-state index contributed by atoms with van der Waals surface area (Å²) in [6, 6.07) is 0.472. The topological polar surface area (TPSA) is 67.2 Å². The molecular formula is C18H33IN6O2. The van der Waals surface area contributed by atoms with Gasteiger partial charge in [0.05, 0.1) is 39.1 Å². The second kappa shape index (κ2) is 11.2. The molecule has 2 saturated heterocycles. The van der Waals surface area contributed by atoms with Gasteiger partial charge in [-0.25, -0.2) is 0 Å². The fraction of sp³-hybridized carbons (Fsp3) is 0.778. The number of morpholine rings is 2. The molecule has 2 unspecified atom stereocenters. The van der Waals surface area contributed by atoms with Gasteiger partial charge in [-0.15, -0.1) is 24.0 Å². The molecule has 2 aliphatic rings. The summed E-state index contributed by atoms with van der Waals surface area (Å²) < 4.78 is 13.3. The van der Waals surface area contributed by atoms with Gasteiger partial charge in [0.15, 0.2) is 5.96 Å². The number of aromatic nitrogens is 2. The van der Waals surface area contributed by atoms with Crippen LogP contribution in [0.25, 0.3) is 0 Å². The van der Waals surface area contributed by atoms with Crippen LogP contribution in [0.1, 0.15) is 25.5 Å². The monoisotopic (exact) mass is 492 g/mol. The van der Waals surface area contributed by atoms with Crippen LogP contribution in [0.2, 0.25) is 0 Å². The summed E-state index contributed by atoms with van der Waals surface area (Å²) >= 11 is 0. The van der Waals surface area contributed by atoms with E-state index >= 15 is 0 Å². The van der Waals surface area contributed by atoms with E-state index in [0.717, 1.165) is 64.0 Å². The number of aryl methyl sites for hydroxylation is 1. The molecule has 0 aromatic carbocycles. The van der Waals surface area contributed by atoms with E-state index in [1.165, 1.54) is 0 Å². The Labute approximate surface area is 179 Å². The van der Waals surface area contributed by atoms with Crippen molar-refractivity contribution in [3.05, 3.63) is 18.0 Å². The molecule has 2 aliphatic heterocycles. The van der Waals surface area contributed by atoms with Crippen molar-refractivity contribution in [2.75, 3.05) is 59.1 Å². The molecule has 0 aliphatic carbocycles. The lowest BCUT2D eigenvalue weighted by Crippen LogP contribution is -2.49. The summed E-state index contributed by atoms with van der Waals surface area (Å²) in [6.45, 7) is 11.9. The van der Waals surface area contributed by atoms with Crippen molar-refractivity contribution >= 4 is 29.9 Å². The van der Waals surface area contributed by atoms with E-state index in [-0.39, 0.29) is 30.1 Å². The zero-order valence-electron chi connectivity index (χ0n) is 16.6. The predicted octanol–water partition coefficient (Wildman–Crippen LogP) is 1.10. The quantitative estimate of drug-likeness (QED) is 0.378. The molecular weight excluding hydrogens is 459 g/mol. The fourth-order valence-corrected chi connectivity index (χ4v) is 3.45. The summed E-state index contributed by atoms with van der Waals surface area (Å²) in [7, 11) is 1.93. The predicted molar refractivity (Wildman–Crippen MR) is 117 cm³/mol.